The second-order valence-electron chi connectivity index (χ2n) is 7.85. The molecule has 0 amide bonds. The third-order valence-corrected chi connectivity index (χ3v) is 5.85. The summed E-state index contributed by atoms with van der Waals surface area (Å²) in [6, 6.07) is 8.30. The number of aryl methyl sites for hydroxylation is 1. The summed E-state index contributed by atoms with van der Waals surface area (Å²) in [5.74, 6) is 1.20. The van der Waals surface area contributed by atoms with Gasteiger partial charge in [-0.05, 0) is 31.4 Å². The van der Waals surface area contributed by atoms with Gasteiger partial charge in [-0.3, -0.25) is 5.41 Å². The average Bonchev–Trinajstić information content (AvgIpc) is 3.46. The van der Waals surface area contributed by atoms with Crippen molar-refractivity contribution in [2.24, 2.45) is 5.73 Å². The number of unbranched alkanes of at least 4 members (excludes halogenated alkanes) is 4. The summed E-state index contributed by atoms with van der Waals surface area (Å²) >= 11 is 0. The summed E-state index contributed by atoms with van der Waals surface area (Å²) in [7, 11) is 0. The third kappa shape index (κ3) is 3.99. The van der Waals surface area contributed by atoms with Crippen LogP contribution < -0.4 is 5.73 Å². The number of nitrogens with one attached hydrogen (secondary N) is 1. The van der Waals surface area contributed by atoms with Crippen molar-refractivity contribution in [3.05, 3.63) is 36.4 Å². The maximum absolute atomic E-state index is 7.76. The van der Waals surface area contributed by atoms with Crippen molar-refractivity contribution < 1.29 is 4.52 Å². The number of nitrogens with two attached hydrogens (primary N) is 1. The van der Waals surface area contributed by atoms with E-state index in [-0.39, 0.29) is 12.0 Å². The van der Waals surface area contributed by atoms with Crippen LogP contribution in [-0.2, 0) is 6.54 Å². The van der Waals surface area contributed by atoms with Gasteiger partial charge in [0.05, 0.1) is 0 Å². The van der Waals surface area contributed by atoms with Gasteiger partial charge in [0.2, 0.25) is 11.7 Å². The van der Waals surface area contributed by atoms with E-state index in [4.69, 9.17) is 15.7 Å². The minimum absolute atomic E-state index is 0.0605. The van der Waals surface area contributed by atoms with Crippen LogP contribution in [0.1, 0.15) is 63.8 Å². The van der Waals surface area contributed by atoms with Gasteiger partial charge in [-0.2, -0.15) is 4.98 Å². The van der Waals surface area contributed by atoms with Crippen LogP contribution in [0.4, 0.5) is 0 Å². The second kappa shape index (κ2) is 8.68. The summed E-state index contributed by atoms with van der Waals surface area (Å²) in [6.07, 6.45) is 10.4. The molecule has 1 saturated heterocycles. The molecule has 0 aliphatic carbocycles. The van der Waals surface area contributed by atoms with E-state index in [1.54, 1.807) is 0 Å². The van der Waals surface area contributed by atoms with Gasteiger partial charge in [-0.25, -0.2) is 0 Å². The van der Waals surface area contributed by atoms with Crippen LogP contribution in [0.3, 0.4) is 0 Å². The molecule has 4 rings (SSSR count). The van der Waals surface area contributed by atoms with Crippen molar-refractivity contribution in [1.82, 2.24) is 19.6 Å². The zero-order valence-corrected chi connectivity index (χ0v) is 17.1. The molecule has 3 heterocycles. The number of nitrogens with zero attached hydrogens (tertiary/aromatic N) is 4. The fourth-order valence-electron chi connectivity index (χ4n) is 4.29. The quantitative estimate of drug-likeness (QED) is 0.328. The van der Waals surface area contributed by atoms with Crippen LogP contribution in [0, 0.1) is 5.41 Å². The van der Waals surface area contributed by atoms with Gasteiger partial charge in [-0.15, -0.1) is 0 Å². The Kier molecular flexibility index (Phi) is 5.83. The fraction of sp³-hybridized carbons (Fsp3) is 0.500. The molecule has 0 spiro atoms. The monoisotopic (exact) mass is 394 g/mol. The first-order chi connectivity index (χ1) is 14.2. The number of rotatable bonds is 8. The van der Waals surface area contributed by atoms with E-state index >= 15 is 0 Å². The molecule has 29 heavy (non-hydrogen) atoms. The zero-order chi connectivity index (χ0) is 20.2. The number of benzene rings is 1. The lowest BCUT2D eigenvalue weighted by atomic mass is 10.1. The smallest absolute Gasteiger partial charge is 0.249 e. The molecule has 2 aromatic heterocycles. The molecule has 1 unspecified atom stereocenters. The van der Waals surface area contributed by atoms with Crippen LogP contribution in [0.5, 0.6) is 0 Å². The number of likely N-dealkylation sites (tertiary alicyclic amines) is 1. The van der Waals surface area contributed by atoms with Gasteiger partial charge in [-0.1, -0.05) is 49.9 Å². The Bertz CT molecular complexity index is 975. The standard InChI is InChI=1S/C22H30N6O/c1-2-3-4-5-6-13-27-15-12-16-17(9-7-10-18(16)27)20-25-21(29-26-20)19-11-8-14-28(19)22(23)24/h7,9-10,12,15,19H,2-6,8,11,13-14H2,1H3,(H3,23,24). The minimum Gasteiger partial charge on any atom is -0.370 e. The number of hydrogen-bond acceptors (Lipinski definition) is 4. The lowest BCUT2D eigenvalue weighted by Gasteiger charge is -2.21. The molecule has 1 aromatic carbocycles. The predicted octanol–water partition coefficient (Wildman–Crippen LogP) is 4.69. The molecule has 0 bridgehead atoms. The zero-order valence-electron chi connectivity index (χ0n) is 17.1. The lowest BCUT2D eigenvalue weighted by Crippen LogP contribution is -2.35. The Morgan fingerprint density at radius 1 is 1.24 bits per heavy atom. The largest absolute Gasteiger partial charge is 0.370 e. The van der Waals surface area contributed by atoms with Crippen LogP contribution in [0.2, 0.25) is 0 Å². The van der Waals surface area contributed by atoms with E-state index in [0.29, 0.717) is 11.7 Å². The average molecular weight is 395 g/mol. The number of aromatic nitrogens is 3. The lowest BCUT2D eigenvalue weighted by molar-refractivity contribution is 0.283. The minimum atomic E-state index is -0.0966. The predicted molar refractivity (Wildman–Crippen MR) is 115 cm³/mol. The van der Waals surface area contributed by atoms with Crippen molar-refractivity contribution in [3.8, 4) is 11.4 Å². The molecule has 1 aliphatic rings. The van der Waals surface area contributed by atoms with Gasteiger partial charge in [0, 0.05) is 35.8 Å². The van der Waals surface area contributed by atoms with E-state index in [1.165, 1.54) is 37.6 Å². The molecule has 7 heteroatoms. The highest BCUT2D eigenvalue weighted by molar-refractivity contribution is 5.93. The van der Waals surface area contributed by atoms with Gasteiger partial charge in [0.25, 0.3) is 0 Å². The Hall–Kier alpha value is -2.83. The Labute approximate surface area is 171 Å². The maximum Gasteiger partial charge on any atom is 0.249 e. The normalized spacial score (nSPS) is 16.7. The molecule has 3 aromatic rings. The van der Waals surface area contributed by atoms with Crippen molar-refractivity contribution in [2.75, 3.05) is 6.54 Å². The first-order valence-electron chi connectivity index (χ1n) is 10.7. The topological polar surface area (TPSA) is 97.0 Å². The Balaban J connectivity index is 1.54. The van der Waals surface area contributed by atoms with Crippen molar-refractivity contribution in [3.63, 3.8) is 0 Å². The highest BCUT2D eigenvalue weighted by Gasteiger charge is 2.31. The number of hydrogen-bond donors (Lipinski definition) is 2. The molecular weight excluding hydrogens is 364 g/mol. The van der Waals surface area contributed by atoms with E-state index in [1.807, 2.05) is 11.0 Å². The van der Waals surface area contributed by atoms with Crippen LogP contribution in [0.25, 0.3) is 22.3 Å². The summed E-state index contributed by atoms with van der Waals surface area (Å²) in [5, 5.41) is 13.1. The van der Waals surface area contributed by atoms with E-state index in [9.17, 15) is 0 Å². The molecule has 3 N–H and O–H groups in total. The molecule has 1 atom stereocenters. The van der Waals surface area contributed by atoms with Crippen LogP contribution in [-0.4, -0.2) is 32.1 Å². The van der Waals surface area contributed by atoms with Crippen LogP contribution >= 0.6 is 0 Å². The molecule has 1 aliphatic heterocycles. The van der Waals surface area contributed by atoms with Crippen molar-refractivity contribution >= 4 is 16.9 Å². The summed E-state index contributed by atoms with van der Waals surface area (Å²) in [6.45, 7) is 4.03. The fourth-order valence-corrected chi connectivity index (χ4v) is 4.29. The highest BCUT2D eigenvalue weighted by atomic mass is 16.5. The second-order valence-corrected chi connectivity index (χ2v) is 7.85. The molecule has 7 nitrogen and oxygen atoms in total. The summed E-state index contributed by atoms with van der Waals surface area (Å²) in [4.78, 5) is 6.50. The SMILES string of the molecule is CCCCCCCn1ccc2c(-c3noc(C4CCCN4C(=N)N)n3)cccc21. The van der Waals surface area contributed by atoms with E-state index in [0.717, 1.165) is 36.9 Å². The van der Waals surface area contributed by atoms with E-state index < -0.39 is 0 Å². The highest BCUT2D eigenvalue weighted by Crippen LogP contribution is 2.33. The summed E-state index contributed by atoms with van der Waals surface area (Å²) < 4.78 is 7.90. The van der Waals surface area contributed by atoms with Gasteiger partial charge in [0.1, 0.15) is 6.04 Å². The van der Waals surface area contributed by atoms with Crippen LogP contribution in [0.15, 0.2) is 35.0 Å². The molecule has 0 saturated carbocycles. The number of fused-ring (bicyclic) bond motifs is 1. The number of guanidine groups is 1. The van der Waals surface area contributed by atoms with Crippen molar-refractivity contribution in [2.45, 2.75) is 64.5 Å². The van der Waals surface area contributed by atoms with Crippen molar-refractivity contribution in [1.29, 1.82) is 5.41 Å². The van der Waals surface area contributed by atoms with Gasteiger partial charge in [0.15, 0.2) is 5.96 Å². The molecular formula is C22H30N6O. The maximum atomic E-state index is 7.76. The third-order valence-electron chi connectivity index (χ3n) is 5.85. The molecule has 1 fully saturated rings. The van der Waals surface area contributed by atoms with Gasteiger partial charge >= 0.3 is 0 Å². The summed E-state index contributed by atoms with van der Waals surface area (Å²) in [5.41, 5.74) is 7.89. The Morgan fingerprint density at radius 3 is 2.93 bits per heavy atom. The molecule has 154 valence electrons. The first kappa shape index (κ1) is 19.5. The Morgan fingerprint density at radius 2 is 2.10 bits per heavy atom. The molecule has 0 radical (unpaired) electrons. The first-order valence-corrected chi connectivity index (χ1v) is 10.7. The van der Waals surface area contributed by atoms with E-state index in [2.05, 4.69) is 46.0 Å². The van der Waals surface area contributed by atoms with Gasteiger partial charge < -0.3 is 19.7 Å².